The first-order valence-electron chi connectivity index (χ1n) is 12.6. The van der Waals surface area contributed by atoms with Crippen molar-refractivity contribution in [2.75, 3.05) is 31.5 Å². The summed E-state index contributed by atoms with van der Waals surface area (Å²) in [4.78, 5) is 19.1. The predicted molar refractivity (Wildman–Crippen MR) is 148 cm³/mol. The lowest BCUT2D eigenvalue weighted by atomic mass is 9.99. The minimum Gasteiger partial charge on any atom is -0.486 e. The van der Waals surface area contributed by atoms with E-state index >= 15 is 0 Å². The maximum Gasteiger partial charge on any atom is 0.262 e. The van der Waals surface area contributed by atoms with E-state index in [0.717, 1.165) is 4.31 Å². The quantitative estimate of drug-likeness (QED) is 0.382. The summed E-state index contributed by atoms with van der Waals surface area (Å²) in [6.07, 6.45) is 1.98. The molecule has 1 amide bonds. The Morgan fingerprint density at radius 1 is 1.15 bits per heavy atom. The number of fused-ring (bicyclic) bond motifs is 1. The van der Waals surface area contributed by atoms with Crippen molar-refractivity contribution in [2.45, 2.75) is 35.9 Å². The molecule has 0 unspecified atom stereocenters. The van der Waals surface area contributed by atoms with Gasteiger partial charge in [-0.1, -0.05) is 31.2 Å². The third-order valence-corrected chi connectivity index (χ3v) is 9.87. The van der Waals surface area contributed by atoms with Gasteiger partial charge in [0.2, 0.25) is 0 Å². The van der Waals surface area contributed by atoms with Crippen LogP contribution in [-0.4, -0.2) is 85.5 Å². The fourth-order valence-electron chi connectivity index (χ4n) is 4.38. The molecular weight excluding hydrogens is 558 g/mol. The Morgan fingerprint density at radius 2 is 1.85 bits per heavy atom. The van der Waals surface area contributed by atoms with E-state index in [1.54, 1.807) is 39.1 Å². The van der Waals surface area contributed by atoms with Gasteiger partial charge in [-0.05, 0) is 31.2 Å². The van der Waals surface area contributed by atoms with E-state index in [1.165, 1.54) is 59.4 Å². The van der Waals surface area contributed by atoms with E-state index in [9.17, 15) is 26.7 Å². The first-order chi connectivity index (χ1) is 18.8. The molecule has 0 saturated heterocycles. The van der Waals surface area contributed by atoms with E-state index in [4.69, 9.17) is 4.74 Å². The number of carbonyl (C=O) groups is 1. The van der Waals surface area contributed by atoms with Gasteiger partial charge >= 0.3 is 0 Å². The molecule has 0 spiro atoms. The number of anilines is 1. The molecule has 216 valence electrons. The number of carbonyl (C=O) groups excluding carboxylic acids is 1. The van der Waals surface area contributed by atoms with Gasteiger partial charge in [0.15, 0.2) is 10.8 Å². The number of nitrogens with zero attached hydrogens (tertiary/aromatic N) is 4. The lowest BCUT2D eigenvalue weighted by molar-refractivity contribution is 0.0389. The van der Waals surface area contributed by atoms with E-state index in [1.807, 2.05) is 0 Å². The third-order valence-electron chi connectivity index (χ3n) is 6.78. The van der Waals surface area contributed by atoms with E-state index in [2.05, 4.69) is 9.71 Å². The number of rotatable bonds is 9. The van der Waals surface area contributed by atoms with Crippen molar-refractivity contribution < 1.29 is 31.5 Å². The fourth-order valence-corrected chi connectivity index (χ4v) is 6.60. The summed E-state index contributed by atoms with van der Waals surface area (Å²) < 4.78 is 64.3. The minimum atomic E-state index is -4.04. The van der Waals surface area contributed by atoms with Crippen LogP contribution in [-0.2, 0) is 27.1 Å². The Kier molecular flexibility index (Phi) is 8.54. The number of nitrogens with one attached hydrogen (secondary N) is 1. The van der Waals surface area contributed by atoms with Crippen LogP contribution < -0.4 is 9.46 Å². The number of aliphatic hydroxyl groups excluding tert-OH is 1. The van der Waals surface area contributed by atoms with Crippen molar-refractivity contribution in [3.63, 3.8) is 0 Å². The number of amides is 1. The second-order valence-electron chi connectivity index (χ2n) is 9.89. The van der Waals surface area contributed by atoms with E-state index < -0.39 is 44.0 Å². The predicted octanol–water partition coefficient (Wildman–Crippen LogP) is 1.76. The molecule has 0 saturated carbocycles. The average molecular weight is 592 g/mol. The summed E-state index contributed by atoms with van der Waals surface area (Å²) in [7, 11) is -4.95. The number of aryl methyl sites for hydroxylation is 1. The van der Waals surface area contributed by atoms with Crippen LogP contribution in [0.5, 0.6) is 5.75 Å². The zero-order valence-corrected chi connectivity index (χ0v) is 24.3. The highest BCUT2D eigenvalue weighted by Crippen LogP contribution is 2.36. The van der Waals surface area contributed by atoms with Crippen LogP contribution in [0.4, 0.5) is 5.69 Å². The standard InChI is InChI=1S/C26H33N5O7S2/c1-18-13-31(19(2)16-32)26(33)21-11-8-12-22(28-39(34,35)20-9-6-5-7-10-20)25(21)38-23(18)14-30(4)40(36,37)24-15-29(3)17-27-24/h5-12,15,17-19,23,28,32H,13-14,16H2,1-4H3/t18-,19+,23-/m1/s1. The Labute approximate surface area is 234 Å². The number of benzene rings is 2. The summed E-state index contributed by atoms with van der Waals surface area (Å²) in [5.74, 6) is -0.884. The zero-order chi connectivity index (χ0) is 29.2. The highest BCUT2D eigenvalue weighted by Gasteiger charge is 2.37. The molecule has 3 aromatic rings. The van der Waals surface area contributed by atoms with Gasteiger partial charge in [-0.2, -0.15) is 4.31 Å². The van der Waals surface area contributed by atoms with Crippen molar-refractivity contribution in [3.8, 4) is 5.75 Å². The summed E-state index contributed by atoms with van der Waals surface area (Å²) >= 11 is 0. The lowest BCUT2D eigenvalue weighted by Crippen LogP contribution is -2.50. The SMILES string of the molecule is C[C@@H]1CN([C@@H](C)CO)C(=O)c2cccc(NS(=O)(=O)c3ccccc3)c2O[C@@H]1CN(C)S(=O)(=O)c1cn(C)cn1. The van der Waals surface area contributed by atoms with E-state index in [-0.39, 0.29) is 46.6 Å². The Hall–Kier alpha value is -3.46. The normalized spacial score (nSPS) is 18.9. The van der Waals surface area contributed by atoms with Crippen LogP contribution in [0, 0.1) is 5.92 Å². The summed E-state index contributed by atoms with van der Waals surface area (Å²) in [6, 6.07) is 11.7. The van der Waals surface area contributed by atoms with Gasteiger partial charge in [-0.15, -0.1) is 0 Å². The zero-order valence-electron chi connectivity index (χ0n) is 22.6. The van der Waals surface area contributed by atoms with Crippen LogP contribution in [0.1, 0.15) is 24.2 Å². The van der Waals surface area contributed by atoms with E-state index in [0.29, 0.717) is 0 Å². The fraction of sp³-hybridized carbons (Fsp3) is 0.385. The Bertz CT molecular complexity index is 1580. The van der Waals surface area contributed by atoms with Gasteiger partial charge in [0, 0.05) is 32.8 Å². The molecule has 2 aromatic carbocycles. The Morgan fingerprint density at radius 3 is 2.48 bits per heavy atom. The van der Waals surface area contributed by atoms with Crippen LogP contribution in [0.2, 0.25) is 0 Å². The number of likely N-dealkylation sites (N-methyl/N-ethyl adjacent to an activating group) is 1. The molecule has 0 aliphatic carbocycles. The van der Waals surface area contributed by atoms with Crippen LogP contribution in [0.15, 0.2) is 71.0 Å². The van der Waals surface area contributed by atoms with Crippen molar-refractivity contribution in [2.24, 2.45) is 13.0 Å². The Balaban J connectivity index is 1.76. The second-order valence-corrected chi connectivity index (χ2v) is 13.6. The maximum atomic E-state index is 13.6. The molecule has 2 N–H and O–H groups in total. The molecule has 4 rings (SSSR count). The first-order valence-corrected chi connectivity index (χ1v) is 15.5. The van der Waals surface area contributed by atoms with Crippen molar-refractivity contribution in [3.05, 3.63) is 66.6 Å². The molecule has 0 bridgehead atoms. The van der Waals surface area contributed by atoms with Crippen molar-refractivity contribution in [1.82, 2.24) is 18.8 Å². The number of hydrogen-bond donors (Lipinski definition) is 2. The molecule has 3 atom stereocenters. The van der Waals surface area contributed by atoms with Gasteiger partial charge in [0.05, 0.1) is 41.7 Å². The molecule has 14 heteroatoms. The van der Waals surface area contributed by atoms with Crippen LogP contribution in [0.25, 0.3) is 0 Å². The third kappa shape index (κ3) is 5.99. The molecule has 2 heterocycles. The first kappa shape index (κ1) is 29.5. The number of para-hydroxylation sites is 1. The van der Waals surface area contributed by atoms with Gasteiger partial charge in [-0.25, -0.2) is 21.8 Å². The average Bonchev–Trinajstić information content (AvgIpc) is 3.38. The topological polar surface area (TPSA) is 151 Å². The number of sulfonamides is 2. The molecule has 12 nitrogen and oxygen atoms in total. The van der Waals surface area contributed by atoms with Crippen molar-refractivity contribution in [1.29, 1.82) is 0 Å². The van der Waals surface area contributed by atoms with Crippen LogP contribution in [0.3, 0.4) is 0 Å². The second kappa shape index (κ2) is 11.6. The molecule has 40 heavy (non-hydrogen) atoms. The highest BCUT2D eigenvalue weighted by atomic mass is 32.2. The number of aliphatic hydroxyl groups is 1. The number of ether oxygens (including phenoxy) is 1. The van der Waals surface area contributed by atoms with Gasteiger partial charge < -0.3 is 19.3 Å². The number of aromatic nitrogens is 2. The smallest absolute Gasteiger partial charge is 0.262 e. The molecule has 0 fully saturated rings. The van der Waals surface area contributed by atoms with Crippen molar-refractivity contribution >= 4 is 31.6 Å². The van der Waals surface area contributed by atoms with Gasteiger partial charge in [-0.3, -0.25) is 9.52 Å². The monoisotopic (exact) mass is 591 g/mol. The summed E-state index contributed by atoms with van der Waals surface area (Å²) in [5.41, 5.74) is 0.112. The molecule has 1 aromatic heterocycles. The largest absolute Gasteiger partial charge is 0.486 e. The van der Waals surface area contributed by atoms with Gasteiger partial charge in [0.1, 0.15) is 6.10 Å². The maximum absolute atomic E-state index is 13.6. The summed E-state index contributed by atoms with van der Waals surface area (Å²) in [6.45, 7) is 3.25. The molecule has 1 aliphatic rings. The van der Waals surface area contributed by atoms with Gasteiger partial charge in [0.25, 0.3) is 26.0 Å². The lowest BCUT2D eigenvalue weighted by Gasteiger charge is -2.38. The molecule has 0 radical (unpaired) electrons. The molecular formula is C26H33N5O7S2. The number of imidazole rings is 1. The highest BCUT2D eigenvalue weighted by molar-refractivity contribution is 7.92. The molecule has 1 aliphatic heterocycles. The minimum absolute atomic E-state index is 0.0198. The number of hydrogen-bond acceptors (Lipinski definition) is 8. The summed E-state index contributed by atoms with van der Waals surface area (Å²) in [5, 5.41) is 9.74. The van der Waals surface area contributed by atoms with Crippen LogP contribution >= 0.6 is 0 Å².